The molecule has 4 heteroatoms. The van der Waals surface area contributed by atoms with E-state index < -0.39 is 11.9 Å². The number of esters is 2. The van der Waals surface area contributed by atoms with E-state index in [1.165, 1.54) is 0 Å². The van der Waals surface area contributed by atoms with Crippen molar-refractivity contribution in [3.05, 3.63) is 90.0 Å². The maximum Gasteiger partial charge on any atom is 0.343 e. The van der Waals surface area contributed by atoms with Gasteiger partial charge in [-0.05, 0) is 61.4 Å². The first kappa shape index (κ1) is 18.4. The first-order valence-corrected chi connectivity index (χ1v) is 8.71. The quantitative estimate of drug-likeness (QED) is 0.467. The molecule has 0 unspecified atom stereocenters. The molecule has 0 atom stereocenters. The summed E-state index contributed by atoms with van der Waals surface area (Å²) in [5, 5.41) is 0. The molecule has 3 aromatic carbocycles. The normalized spacial score (nSPS) is 10.5. The molecule has 0 heterocycles. The molecular weight excluding hydrogens is 340 g/mol. The van der Waals surface area contributed by atoms with Crippen molar-refractivity contribution in [2.24, 2.45) is 0 Å². The second kappa shape index (κ2) is 8.32. The van der Waals surface area contributed by atoms with Gasteiger partial charge in [0, 0.05) is 0 Å². The van der Waals surface area contributed by atoms with Gasteiger partial charge in [0.15, 0.2) is 0 Å². The summed E-state index contributed by atoms with van der Waals surface area (Å²) in [6.45, 7) is 3.58. The Labute approximate surface area is 158 Å². The molecule has 0 bridgehead atoms. The van der Waals surface area contributed by atoms with E-state index in [0.29, 0.717) is 16.9 Å². The van der Waals surface area contributed by atoms with Crippen LogP contribution in [0.1, 0.15) is 34.6 Å². The van der Waals surface area contributed by atoms with Gasteiger partial charge in [-0.1, -0.05) is 42.5 Å². The number of hydrogen-bond acceptors (Lipinski definition) is 4. The summed E-state index contributed by atoms with van der Waals surface area (Å²) in [4.78, 5) is 24.1. The lowest BCUT2D eigenvalue weighted by Gasteiger charge is -2.09. The van der Waals surface area contributed by atoms with Gasteiger partial charge in [-0.2, -0.15) is 0 Å². The van der Waals surface area contributed by atoms with Gasteiger partial charge in [-0.25, -0.2) is 9.59 Å². The van der Waals surface area contributed by atoms with Crippen molar-refractivity contribution in [3.8, 4) is 16.9 Å². The van der Waals surface area contributed by atoms with E-state index in [-0.39, 0.29) is 6.10 Å². The molecule has 27 heavy (non-hydrogen) atoms. The van der Waals surface area contributed by atoms with Crippen LogP contribution in [0.15, 0.2) is 78.9 Å². The van der Waals surface area contributed by atoms with Crippen LogP contribution >= 0.6 is 0 Å². The summed E-state index contributed by atoms with van der Waals surface area (Å²) in [5.74, 6) is -0.486. The highest BCUT2D eigenvalue weighted by atomic mass is 16.5. The monoisotopic (exact) mass is 360 g/mol. The molecule has 0 saturated heterocycles. The Hall–Kier alpha value is -3.40. The Bertz CT molecular complexity index is 911. The Morgan fingerprint density at radius 3 is 1.78 bits per heavy atom. The summed E-state index contributed by atoms with van der Waals surface area (Å²) in [5.41, 5.74) is 2.98. The average Bonchev–Trinajstić information content (AvgIpc) is 2.69. The maximum absolute atomic E-state index is 12.3. The maximum atomic E-state index is 12.3. The van der Waals surface area contributed by atoms with Crippen LogP contribution < -0.4 is 4.74 Å². The molecule has 136 valence electrons. The lowest BCUT2D eigenvalue weighted by atomic mass is 10.0. The largest absolute Gasteiger partial charge is 0.459 e. The van der Waals surface area contributed by atoms with Crippen molar-refractivity contribution in [2.45, 2.75) is 20.0 Å². The third-order valence-corrected chi connectivity index (χ3v) is 3.87. The highest BCUT2D eigenvalue weighted by molar-refractivity contribution is 5.92. The molecular formula is C23H20O4. The van der Waals surface area contributed by atoms with E-state index in [1.807, 2.05) is 42.5 Å². The Kier molecular flexibility index (Phi) is 5.67. The van der Waals surface area contributed by atoms with Crippen LogP contribution in [0.2, 0.25) is 0 Å². The van der Waals surface area contributed by atoms with E-state index >= 15 is 0 Å². The fourth-order valence-corrected chi connectivity index (χ4v) is 2.54. The van der Waals surface area contributed by atoms with E-state index in [2.05, 4.69) is 0 Å². The molecule has 0 aliphatic heterocycles. The molecule has 3 aromatic rings. The minimum atomic E-state index is -0.452. The van der Waals surface area contributed by atoms with Crippen LogP contribution in [0.5, 0.6) is 5.75 Å². The Morgan fingerprint density at radius 1 is 0.667 bits per heavy atom. The SMILES string of the molecule is CC(C)OC(=O)c1ccc(OC(=O)c2ccc(-c3ccccc3)cc2)cc1. The van der Waals surface area contributed by atoms with Gasteiger partial charge in [-0.15, -0.1) is 0 Å². The number of rotatable bonds is 5. The van der Waals surface area contributed by atoms with E-state index in [0.717, 1.165) is 11.1 Å². The number of hydrogen-bond donors (Lipinski definition) is 0. The summed E-state index contributed by atoms with van der Waals surface area (Å²) < 4.78 is 10.5. The van der Waals surface area contributed by atoms with Gasteiger partial charge in [0.25, 0.3) is 0 Å². The van der Waals surface area contributed by atoms with Crippen LogP contribution in [0.25, 0.3) is 11.1 Å². The number of carbonyl (C=O) groups excluding carboxylic acids is 2. The van der Waals surface area contributed by atoms with Gasteiger partial charge < -0.3 is 9.47 Å². The minimum absolute atomic E-state index is 0.186. The molecule has 0 aromatic heterocycles. The minimum Gasteiger partial charge on any atom is -0.459 e. The van der Waals surface area contributed by atoms with E-state index in [9.17, 15) is 9.59 Å². The fraction of sp³-hybridized carbons (Fsp3) is 0.130. The molecule has 0 amide bonds. The predicted octanol–water partition coefficient (Wildman–Crippen LogP) is 5.14. The van der Waals surface area contributed by atoms with Crippen LogP contribution in [-0.2, 0) is 4.74 Å². The zero-order chi connectivity index (χ0) is 19.2. The van der Waals surface area contributed by atoms with Crippen LogP contribution in [0.3, 0.4) is 0 Å². The van der Waals surface area contributed by atoms with Crippen LogP contribution in [0.4, 0.5) is 0 Å². The van der Waals surface area contributed by atoms with E-state index in [4.69, 9.17) is 9.47 Å². The van der Waals surface area contributed by atoms with Gasteiger partial charge in [-0.3, -0.25) is 0 Å². The van der Waals surface area contributed by atoms with Crippen molar-refractivity contribution >= 4 is 11.9 Å². The number of ether oxygens (including phenoxy) is 2. The molecule has 0 fully saturated rings. The molecule has 0 N–H and O–H groups in total. The Morgan fingerprint density at radius 2 is 1.19 bits per heavy atom. The standard InChI is InChI=1S/C23H20O4/c1-16(2)26-22(24)20-12-14-21(15-13-20)27-23(25)19-10-8-18(9-11-19)17-6-4-3-5-7-17/h3-16H,1-2H3. The summed E-state index contributed by atoms with van der Waals surface area (Å²) in [6, 6.07) is 23.5. The topological polar surface area (TPSA) is 52.6 Å². The second-order valence-electron chi connectivity index (χ2n) is 6.31. The van der Waals surface area contributed by atoms with Gasteiger partial charge in [0.1, 0.15) is 5.75 Å². The van der Waals surface area contributed by atoms with Crippen molar-refractivity contribution in [2.75, 3.05) is 0 Å². The predicted molar refractivity (Wildman–Crippen MR) is 104 cm³/mol. The third kappa shape index (κ3) is 4.82. The average molecular weight is 360 g/mol. The molecule has 0 aliphatic rings. The number of carbonyl (C=O) groups is 2. The first-order valence-electron chi connectivity index (χ1n) is 8.71. The van der Waals surface area contributed by atoms with Gasteiger partial charge in [0.05, 0.1) is 17.2 Å². The third-order valence-electron chi connectivity index (χ3n) is 3.87. The van der Waals surface area contributed by atoms with Gasteiger partial charge >= 0.3 is 11.9 Å². The van der Waals surface area contributed by atoms with E-state index in [1.54, 1.807) is 50.2 Å². The number of benzene rings is 3. The molecule has 4 nitrogen and oxygen atoms in total. The highest BCUT2D eigenvalue weighted by Crippen LogP contribution is 2.20. The highest BCUT2D eigenvalue weighted by Gasteiger charge is 2.12. The van der Waals surface area contributed by atoms with Crippen molar-refractivity contribution in [1.29, 1.82) is 0 Å². The smallest absolute Gasteiger partial charge is 0.343 e. The lowest BCUT2D eigenvalue weighted by Crippen LogP contribution is -2.12. The lowest BCUT2D eigenvalue weighted by molar-refractivity contribution is 0.0378. The summed E-state index contributed by atoms with van der Waals surface area (Å²) in [6.07, 6.45) is -0.186. The van der Waals surface area contributed by atoms with Gasteiger partial charge in [0.2, 0.25) is 0 Å². The molecule has 3 rings (SSSR count). The van der Waals surface area contributed by atoms with Crippen LogP contribution in [0, 0.1) is 0 Å². The van der Waals surface area contributed by atoms with Crippen LogP contribution in [-0.4, -0.2) is 18.0 Å². The van der Waals surface area contributed by atoms with Crippen molar-refractivity contribution in [1.82, 2.24) is 0 Å². The summed E-state index contributed by atoms with van der Waals surface area (Å²) >= 11 is 0. The molecule has 0 aliphatic carbocycles. The first-order chi connectivity index (χ1) is 13.0. The zero-order valence-electron chi connectivity index (χ0n) is 15.2. The molecule has 0 saturated carbocycles. The zero-order valence-corrected chi connectivity index (χ0v) is 15.2. The summed E-state index contributed by atoms with van der Waals surface area (Å²) in [7, 11) is 0. The Balaban J connectivity index is 1.66. The van der Waals surface area contributed by atoms with Crippen molar-refractivity contribution in [3.63, 3.8) is 0 Å². The van der Waals surface area contributed by atoms with Crippen molar-refractivity contribution < 1.29 is 19.1 Å². The molecule has 0 radical (unpaired) electrons. The fourth-order valence-electron chi connectivity index (χ4n) is 2.54. The second-order valence-corrected chi connectivity index (χ2v) is 6.31. The molecule has 0 spiro atoms.